The first-order chi connectivity index (χ1) is 23.6. The summed E-state index contributed by atoms with van der Waals surface area (Å²) in [5.74, 6) is -63.5. The second-order valence-electron chi connectivity index (χ2n) is 13.6. The van der Waals surface area contributed by atoms with Gasteiger partial charge in [0, 0.05) is 22.5 Å². The molecule has 0 bridgehead atoms. The van der Waals surface area contributed by atoms with Crippen LogP contribution in [0.1, 0.15) is 110 Å². The van der Waals surface area contributed by atoms with Gasteiger partial charge < -0.3 is 11.5 Å². The fourth-order valence-corrected chi connectivity index (χ4v) is 6.45. The van der Waals surface area contributed by atoms with Crippen LogP contribution >= 0.6 is 0 Å². The number of hydrogen-bond acceptors (Lipinski definition) is 2. The number of benzene rings is 2. The number of nitrogen functional groups attached to an aromatic ring is 2. The molecule has 2 aromatic rings. The standard InChI is InChI=1S/C34H36F16N2/c1-3-7-19-13-21(15-23(25(19)51)17-9-5-10-17)27(35,36)29(39,40)31(43,44)33(47,48)34(49,50)32(45,46)30(41,42)28(37,38)22-14-20(8-4-2)26(52)24(16-22)18-11-6-12-18/h13-18H,3-12,51-52H2,1-2H3. The zero-order valence-corrected chi connectivity index (χ0v) is 27.7. The molecule has 0 atom stereocenters. The average molecular weight is 777 g/mol. The Hall–Kier alpha value is -3.08. The van der Waals surface area contributed by atoms with Crippen LogP contribution in [0.4, 0.5) is 81.6 Å². The monoisotopic (exact) mass is 776 g/mol. The van der Waals surface area contributed by atoms with Gasteiger partial charge in [0.05, 0.1) is 0 Å². The molecule has 52 heavy (non-hydrogen) atoms. The van der Waals surface area contributed by atoms with Crippen LogP contribution in [-0.2, 0) is 24.7 Å². The highest BCUT2D eigenvalue weighted by atomic mass is 19.4. The molecule has 4 rings (SSSR count). The van der Waals surface area contributed by atoms with Crippen LogP contribution in [0.25, 0.3) is 0 Å². The van der Waals surface area contributed by atoms with Crippen LogP contribution in [0.2, 0.25) is 0 Å². The first-order valence-corrected chi connectivity index (χ1v) is 16.5. The predicted molar refractivity (Wildman–Crippen MR) is 160 cm³/mol. The highest BCUT2D eigenvalue weighted by Crippen LogP contribution is 2.66. The van der Waals surface area contributed by atoms with Crippen molar-refractivity contribution < 1.29 is 70.2 Å². The van der Waals surface area contributed by atoms with Gasteiger partial charge in [0.15, 0.2) is 0 Å². The summed E-state index contributed by atoms with van der Waals surface area (Å²) in [6, 6.07) is 0.585. The first-order valence-electron chi connectivity index (χ1n) is 16.5. The maximum Gasteiger partial charge on any atom is 0.385 e. The Morgan fingerprint density at radius 1 is 0.462 bits per heavy atom. The predicted octanol–water partition coefficient (Wildman–Crippen LogP) is 12.0. The molecule has 294 valence electrons. The highest BCUT2D eigenvalue weighted by Gasteiger charge is 2.95. The molecule has 0 aliphatic heterocycles. The van der Waals surface area contributed by atoms with Crippen molar-refractivity contribution in [2.75, 3.05) is 11.5 Å². The molecule has 0 aromatic heterocycles. The molecule has 2 aromatic carbocycles. The molecule has 0 heterocycles. The van der Waals surface area contributed by atoms with Crippen molar-refractivity contribution >= 4 is 11.4 Å². The Balaban J connectivity index is 1.80. The first kappa shape index (κ1) is 41.7. The van der Waals surface area contributed by atoms with Crippen LogP contribution in [0.5, 0.6) is 0 Å². The number of anilines is 2. The average Bonchev–Trinajstić information content (AvgIpc) is 2.98. The van der Waals surface area contributed by atoms with E-state index in [0.717, 1.165) is 0 Å². The lowest BCUT2D eigenvalue weighted by atomic mass is 9.76. The Morgan fingerprint density at radius 2 is 0.731 bits per heavy atom. The summed E-state index contributed by atoms with van der Waals surface area (Å²) in [5.41, 5.74) is 5.91. The third-order valence-corrected chi connectivity index (χ3v) is 10.2. The normalized spacial score (nSPS) is 17.7. The molecule has 0 spiro atoms. The molecule has 4 N–H and O–H groups in total. The van der Waals surface area contributed by atoms with E-state index in [1.807, 2.05) is 0 Å². The molecule has 0 radical (unpaired) electrons. The van der Waals surface area contributed by atoms with Gasteiger partial charge >= 0.3 is 47.4 Å². The van der Waals surface area contributed by atoms with Gasteiger partial charge in [-0.15, -0.1) is 0 Å². The maximum absolute atomic E-state index is 15.4. The van der Waals surface area contributed by atoms with E-state index >= 15 is 35.1 Å². The summed E-state index contributed by atoms with van der Waals surface area (Å²) < 4.78 is 241. The quantitative estimate of drug-likeness (QED) is 0.140. The minimum absolute atomic E-state index is 0.103. The van der Waals surface area contributed by atoms with Crippen molar-refractivity contribution in [2.24, 2.45) is 0 Å². The molecule has 2 nitrogen and oxygen atoms in total. The van der Waals surface area contributed by atoms with Gasteiger partial charge in [-0.2, -0.15) is 70.2 Å². The largest absolute Gasteiger partial charge is 0.398 e. The van der Waals surface area contributed by atoms with Gasteiger partial charge in [0.2, 0.25) is 0 Å². The SMILES string of the molecule is CCCc1cc(C(F)(F)C(F)(F)C(F)(F)C(F)(F)C(F)(F)C(F)(F)C(F)(F)C(F)(F)c2cc(CCC)c(N)c(C3CCC3)c2)cc(C2CCC2)c1N. The number of rotatable bonds is 15. The third kappa shape index (κ3) is 5.86. The van der Waals surface area contributed by atoms with Crippen molar-refractivity contribution in [2.45, 2.75) is 137 Å². The van der Waals surface area contributed by atoms with E-state index in [0.29, 0.717) is 12.8 Å². The Bertz CT molecular complexity index is 1510. The summed E-state index contributed by atoms with van der Waals surface area (Å²) in [5, 5.41) is 0. The fourth-order valence-electron chi connectivity index (χ4n) is 6.45. The van der Waals surface area contributed by atoms with Gasteiger partial charge in [-0.3, -0.25) is 0 Å². The van der Waals surface area contributed by atoms with Crippen LogP contribution in [0, 0.1) is 0 Å². The number of nitrogens with two attached hydrogens (primary N) is 2. The van der Waals surface area contributed by atoms with Crippen molar-refractivity contribution in [1.29, 1.82) is 0 Å². The fraction of sp³-hybridized carbons (Fsp3) is 0.647. The molecular formula is C34H36F16N2. The Kier molecular flexibility index (Phi) is 10.7. The van der Waals surface area contributed by atoms with E-state index in [-0.39, 0.29) is 109 Å². The summed E-state index contributed by atoms with van der Waals surface area (Å²) in [7, 11) is 0. The van der Waals surface area contributed by atoms with Gasteiger partial charge in [0.1, 0.15) is 0 Å². The smallest absolute Gasteiger partial charge is 0.385 e. The van der Waals surface area contributed by atoms with E-state index in [1.165, 1.54) is 13.8 Å². The van der Waals surface area contributed by atoms with Gasteiger partial charge in [-0.1, -0.05) is 39.5 Å². The van der Waals surface area contributed by atoms with Crippen molar-refractivity contribution in [3.8, 4) is 0 Å². The van der Waals surface area contributed by atoms with Crippen molar-refractivity contribution in [3.05, 3.63) is 57.6 Å². The van der Waals surface area contributed by atoms with E-state index in [2.05, 4.69) is 0 Å². The Morgan fingerprint density at radius 3 is 0.962 bits per heavy atom. The van der Waals surface area contributed by atoms with E-state index in [9.17, 15) is 35.1 Å². The van der Waals surface area contributed by atoms with Crippen LogP contribution in [0.3, 0.4) is 0 Å². The summed E-state index contributed by atoms with van der Waals surface area (Å²) >= 11 is 0. The summed E-state index contributed by atoms with van der Waals surface area (Å²) in [6.07, 6.45) is 1.76. The van der Waals surface area contributed by atoms with E-state index in [4.69, 9.17) is 11.5 Å². The van der Waals surface area contributed by atoms with E-state index < -0.39 is 70.3 Å². The molecule has 2 aliphatic carbocycles. The molecule has 2 fully saturated rings. The van der Waals surface area contributed by atoms with Gasteiger partial charge in [-0.05, 0) is 96.9 Å². The second kappa shape index (κ2) is 13.3. The molecule has 18 heteroatoms. The number of halogens is 16. The lowest BCUT2D eigenvalue weighted by molar-refractivity contribution is -0.456. The van der Waals surface area contributed by atoms with Gasteiger partial charge in [-0.25, -0.2) is 0 Å². The third-order valence-electron chi connectivity index (χ3n) is 10.2. The lowest BCUT2D eigenvalue weighted by Gasteiger charge is -2.44. The minimum Gasteiger partial charge on any atom is -0.398 e. The van der Waals surface area contributed by atoms with Crippen LogP contribution in [-0.4, -0.2) is 35.5 Å². The zero-order valence-electron chi connectivity index (χ0n) is 27.7. The lowest BCUT2D eigenvalue weighted by Crippen LogP contribution is -2.74. The topological polar surface area (TPSA) is 52.0 Å². The van der Waals surface area contributed by atoms with Gasteiger partial charge in [0.25, 0.3) is 0 Å². The number of hydrogen-bond donors (Lipinski definition) is 2. The molecule has 0 amide bonds. The summed E-state index contributed by atoms with van der Waals surface area (Å²) in [4.78, 5) is 0. The van der Waals surface area contributed by atoms with Crippen molar-refractivity contribution in [3.63, 3.8) is 0 Å². The highest BCUT2D eigenvalue weighted by molar-refractivity contribution is 5.60. The van der Waals surface area contributed by atoms with Crippen LogP contribution in [0.15, 0.2) is 24.3 Å². The zero-order chi connectivity index (χ0) is 39.7. The number of aryl methyl sites for hydroxylation is 2. The maximum atomic E-state index is 15.4. The van der Waals surface area contributed by atoms with E-state index in [1.54, 1.807) is 0 Å². The molecular weight excluding hydrogens is 740 g/mol. The molecule has 0 unspecified atom stereocenters. The molecule has 2 saturated carbocycles. The summed E-state index contributed by atoms with van der Waals surface area (Å²) in [6.45, 7) is 2.92. The molecule has 0 saturated heterocycles. The Labute approximate surface area is 288 Å². The second-order valence-corrected chi connectivity index (χ2v) is 13.6. The minimum atomic E-state index is -8.52. The number of alkyl halides is 16. The molecule has 2 aliphatic rings. The van der Waals surface area contributed by atoms with Crippen molar-refractivity contribution in [1.82, 2.24) is 0 Å². The van der Waals surface area contributed by atoms with Crippen LogP contribution < -0.4 is 11.5 Å².